The van der Waals surface area contributed by atoms with E-state index in [1.807, 2.05) is 20.8 Å². The third-order valence-electron chi connectivity index (χ3n) is 12.4. The van der Waals surface area contributed by atoms with E-state index < -0.39 is 47.2 Å². The third kappa shape index (κ3) is 5.37. The van der Waals surface area contributed by atoms with Crippen LogP contribution in [-0.2, 0) is 19.1 Å². The molecule has 0 radical (unpaired) electrons. The van der Waals surface area contributed by atoms with Gasteiger partial charge in [-0.15, -0.1) is 6.58 Å². The molecule has 238 valence electrons. The summed E-state index contributed by atoms with van der Waals surface area (Å²) >= 11 is 0. The summed E-state index contributed by atoms with van der Waals surface area (Å²) in [7, 11) is 1.76. The van der Waals surface area contributed by atoms with Crippen molar-refractivity contribution < 1.29 is 29.3 Å². The van der Waals surface area contributed by atoms with Crippen LogP contribution in [0.3, 0.4) is 0 Å². The predicted octanol–water partition coefficient (Wildman–Crippen LogP) is 2.77. The molecular weight excluding hydrogens is 534 g/mol. The number of likely N-dealkylation sites (tertiary alicyclic amines) is 1. The Bertz CT molecular complexity index is 1070. The van der Waals surface area contributed by atoms with Gasteiger partial charge in [-0.05, 0) is 62.3 Å². The molecule has 7 unspecified atom stereocenters. The predicted molar refractivity (Wildman–Crippen MR) is 161 cm³/mol. The van der Waals surface area contributed by atoms with Gasteiger partial charge in [0.05, 0.1) is 30.8 Å². The minimum Gasteiger partial charge on any atom is -0.461 e. The van der Waals surface area contributed by atoms with Gasteiger partial charge in [0.15, 0.2) is 0 Å². The van der Waals surface area contributed by atoms with Gasteiger partial charge in [0.1, 0.15) is 11.9 Å². The third-order valence-corrected chi connectivity index (χ3v) is 12.4. The fourth-order valence-corrected chi connectivity index (χ4v) is 9.07. The summed E-state index contributed by atoms with van der Waals surface area (Å²) in [6.45, 7) is 16.9. The summed E-state index contributed by atoms with van der Waals surface area (Å²) < 4.78 is 6.39. The van der Waals surface area contributed by atoms with E-state index in [0.717, 1.165) is 19.3 Å². The molecule has 1 aliphatic heterocycles. The van der Waals surface area contributed by atoms with E-state index in [4.69, 9.17) is 10.5 Å². The van der Waals surface area contributed by atoms with Crippen LogP contribution in [-0.4, -0.2) is 94.8 Å². The minimum atomic E-state index is -0.719. The Morgan fingerprint density at radius 1 is 1.21 bits per heavy atom. The number of amides is 1. The van der Waals surface area contributed by atoms with Gasteiger partial charge in [-0.1, -0.05) is 47.6 Å². The van der Waals surface area contributed by atoms with Gasteiger partial charge >= 0.3 is 5.97 Å². The molecule has 9 nitrogen and oxygen atoms in total. The fraction of sp³-hybridized carbons (Fsp3) is 0.848. The summed E-state index contributed by atoms with van der Waals surface area (Å²) in [5.74, 6) is -0.597. The van der Waals surface area contributed by atoms with Gasteiger partial charge in [-0.3, -0.25) is 19.3 Å². The van der Waals surface area contributed by atoms with Crippen molar-refractivity contribution in [1.29, 1.82) is 0 Å². The Labute approximate surface area is 252 Å². The number of Topliss-reactive ketones (excluding diaryl/α,β-unsaturated/α-hetero) is 1. The largest absolute Gasteiger partial charge is 0.461 e. The number of carbonyl (C=O) groups is 3. The molecule has 0 aromatic carbocycles. The zero-order chi connectivity index (χ0) is 31.4. The Morgan fingerprint density at radius 3 is 2.50 bits per heavy atom. The molecule has 1 saturated heterocycles. The standard InChI is InChI=1S/C33H55N3O6/c1-9-31(6)16-25(32(7)20(4)10-13-33(21(5)29(31)40)14-11-24(38)28(32)33)42-26(39)18-35(8)22-17-36(15-12-23(22)37)30(41)27(34)19(2)3/h9,19-23,25,27-29,37,40H,1,10-18,34H2,2-8H3/t20?,21-,22?,23?,25+,27?,28?,29?,31+,32-,33?/m0/s1. The number of ketones is 1. The van der Waals surface area contributed by atoms with Gasteiger partial charge < -0.3 is 25.6 Å². The van der Waals surface area contributed by atoms with Crippen molar-refractivity contribution in [2.24, 2.45) is 45.7 Å². The minimum absolute atomic E-state index is 0.00364. The van der Waals surface area contributed by atoms with Crippen molar-refractivity contribution in [3.8, 4) is 0 Å². The average Bonchev–Trinajstić information content (AvgIpc) is 3.30. The number of carbonyl (C=O) groups excluding carboxylic acids is 3. The lowest BCUT2D eigenvalue weighted by molar-refractivity contribution is -0.207. The molecule has 2 bridgehead atoms. The first-order valence-corrected chi connectivity index (χ1v) is 16.0. The molecule has 3 saturated carbocycles. The van der Waals surface area contributed by atoms with Crippen LogP contribution in [0.25, 0.3) is 0 Å². The number of piperidine rings is 1. The smallest absolute Gasteiger partial charge is 0.320 e. The number of hydrogen-bond acceptors (Lipinski definition) is 8. The molecule has 4 fully saturated rings. The number of likely N-dealkylation sites (N-methyl/N-ethyl adjacent to an activating group) is 1. The van der Waals surface area contributed by atoms with Gasteiger partial charge in [-0.2, -0.15) is 0 Å². The zero-order valence-corrected chi connectivity index (χ0v) is 26.8. The molecule has 4 rings (SSSR count). The van der Waals surface area contributed by atoms with Crippen LogP contribution in [0.4, 0.5) is 0 Å². The van der Waals surface area contributed by atoms with Gasteiger partial charge in [0.25, 0.3) is 0 Å². The first kappa shape index (κ1) is 33.1. The fourth-order valence-electron chi connectivity index (χ4n) is 9.07. The lowest BCUT2D eigenvalue weighted by atomic mass is 9.44. The maximum absolute atomic E-state index is 13.7. The van der Waals surface area contributed by atoms with Crippen LogP contribution in [0.5, 0.6) is 0 Å². The van der Waals surface area contributed by atoms with Crippen LogP contribution < -0.4 is 5.73 Å². The van der Waals surface area contributed by atoms with E-state index in [-0.39, 0.29) is 53.9 Å². The van der Waals surface area contributed by atoms with Crippen LogP contribution >= 0.6 is 0 Å². The summed E-state index contributed by atoms with van der Waals surface area (Å²) in [6.07, 6.45) is 3.60. The van der Waals surface area contributed by atoms with Crippen LogP contribution in [0.2, 0.25) is 0 Å². The molecule has 3 aliphatic carbocycles. The Morgan fingerprint density at radius 2 is 1.88 bits per heavy atom. The number of aliphatic hydroxyl groups is 2. The summed E-state index contributed by atoms with van der Waals surface area (Å²) in [6, 6.07) is -1.06. The number of esters is 1. The highest BCUT2D eigenvalue weighted by Crippen LogP contribution is 2.68. The van der Waals surface area contributed by atoms with Crippen LogP contribution in [0.1, 0.15) is 80.1 Å². The van der Waals surface area contributed by atoms with Crippen molar-refractivity contribution >= 4 is 17.7 Å². The normalized spacial score (nSPS) is 43.0. The molecule has 0 spiro atoms. The van der Waals surface area contributed by atoms with Crippen LogP contribution in [0, 0.1) is 39.9 Å². The van der Waals surface area contributed by atoms with Gasteiger partial charge in [-0.25, -0.2) is 0 Å². The second-order valence-electron chi connectivity index (χ2n) is 15.0. The molecule has 9 heteroatoms. The number of rotatable bonds is 7. The van der Waals surface area contributed by atoms with Gasteiger partial charge in [0, 0.05) is 36.3 Å². The number of hydrogen-bond donors (Lipinski definition) is 3. The summed E-state index contributed by atoms with van der Waals surface area (Å²) in [4.78, 5) is 43.7. The van der Waals surface area contributed by atoms with Crippen molar-refractivity contribution in [2.45, 2.75) is 110 Å². The second kappa shape index (κ2) is 11.9. The molecule has 1 amide bonds. The van der Waals surface area contributed by atoms with E-state index in [2.05, 4.69) is 27.4 Å². The molecular formula is C33H55N3O6. The number of aliphatic hydroxyl groups excluding tert-OH is 2. The summed E-state index contributed by atoms with van der Waals surface area (Å²) in [5, 5.41) is 22.6. The SMILES string of the molecule is C=C[C@]1(C)C[C@@H](OC(=O)CN(C)C2CN(C(=O)C(N)C(C)C)CCC2O)[C@]2(C)C(C)CCC3(CCC(=O)C32)[C@@H](C)C1O. The van der Waals surface area contributed by atoms with Crippen molar-refractivity contribution in [3.05, 3.63) is 12.7 Å². The van der Waals surface area contributed by atoms with Crippen LogP contribution in [0.15, 0.2) is 12.7 Å². The van der Waals surface area contributed by atoms with Gasteiger partial charge in [0.2, 0.25) is 5.91 Å². The monoisotopic (exact) mass is 589 g/mol. The average molecular weight is 590 g/mol. The lowest BCUT2D eigenvalue weighted by Crippen LogP contribution is -2.63. The number of nitrogens with two attached hydrogens (primary N) is 1. The first-order valence-electron chi connectivity index (χ1n) is 16.0. The molecule has 4 N–H and O–H groups in total. The van der Waals surface area contributed by atoms with E-state index in [1.54, 1.807) is 22.9 Å². The maximum atomic E-state index is 13.7. The molecule has 1 heterocycles. The topological polar surface area (TPSA) is 133 Å². The Hall–Kier alpha value is -1.81. The van der Waals surface area contributed by atoms with Crippen molar-refractivity contribution in [2.75, 3.05) is 26.7 Å². The Kier molecular flexibility index (Phi) is 9.41. The zero-order valence-electron chi connectivity index (χ0n) is 26.8. The van der Waals surface area contributed by atoms with E-state index in [1.165, 1.54) is 0 Å². The highest BCUT2D eigenvalue weighted by molar-refractivity contribution is 5.86. The van der Waals surface area contributed by atoms with E-state index >= 15 is 0 Å². The maximum Gasteiger partial charge on any atom is 0.320 e. The van der Waals surface area contributed by atoms with Crippen molar-refractivity contribution in [3.63, 3.8) is 0 Å². The first-order chi connectivity index (χ1) is 19.5. The molecule has 4 aliphatic rings. The lowest BCUT2D eigenvalue weighted by Gasteiger charge is -2.61. The van der Waals surface area contributed by atoms with E-state index in [0.29, 0.717) is 25.8 Å². The summed E-state index contributed by atoms with van der Waals surface area (Å²) in [5.41, 5.74) is 4.51. The molecule has 42 heavy (non-hydrogen) atoms. The molecule has 0 aromatic heterocycles. The number of nitrogens with zero attached hydrogens (tertiary/aromatic N) is 2. The van der Waals surface area contributed by atoms with E-state index in [9.17, 15) is 24.6 Å². The quantitative estimate of drug-likeness (QED) is 0.305. The highest BCUT2D eigenvalue weighted by atomic mass is 16.5. The number of ether oxygens (including phenoxy) is 1. The second-order valence-corrected chi connectivity index (χ2v) is 15.0. The molecule has 0 aromatic rings. The van der Waals surface area contributed by atoms with Crippen molar-refractivity contribution in [1.82, 2.24) is 9.80 Å². The molecule has 11 atom stereocenters. The Balaban J connectivity index is 1.58. The highest BCUT2D eigenvalue weighted by Gasteiger charge is 2.68.